The summed E-state index contributed by atoms with van der Waals surface area (Å²) < 4.78 is 4.92. The highest BCUT2D eigenvalue weighted by molar-refractivity contribution is 5.71. The lowest BCUT2D eigenvalue weighted by Crippen LogP contribution is -2.04. The fraction of sp³-hybridized carbons (Fsp3) is 0.133. The van der Waals surface area contributed by atoms with Gasteiger partial charge in [0, 0.05) is 12.1 Å². The predicted octanol–water partition coefficient (Wildman–Crippen LogP) is 3.27. The Bertz CT molecular complexity index is 454. The summed E-state index contributed by atoms with van der Waals surface area (Å²) in [6.45, 7) is 1.77. The van der Waals surface area contributed by atoms with Crippen LogP contribution in [-0.4, -0.2) is 5.97 Å². The third-order valence-corrected chi connectivity index (χ3v) is 2.06. The molecule has 3 heteroatoms. The molecule has 2 aromatic carbocycles. The molecule has 0 amide bonds. The number of carbonyl (C=O) groups is 1. The van der Waals surface area contributed by atoms with Crippen LogP contribution >= 0.6 is 0 Å². The van der Waals surface area contributed by atoms with E-state index in [1.165, 1.54) is 0 Å². The third-order valence-electron chi connectivity index (χ3n) is 2.06. The van der Waals surface area contributed by atoms with E-state index in [-0.39, 0.29) is 5.97 Å². The average molecular weight is 243 g/mol. The lowest BCUT2D eigenvalue weighted by Gasteiger charge is -1.99. The minimum Gasteiger partial charge on any atom is -0.427 e. The van der Waals surface area contributed by atoms with E-state index in [1.807, 2.05) is 48.5 Å². The molecule has 0 radical (unpaired) electrons. The first-order valence-electron chi connectivity index (χ1n) is 5.78. The van der Waals surface area contributed by atoms with Crippen molar-refractivity contribution in [3.63, 3.8) is 0 Å². The lowest BCUT2D eigenvalue weighted by atomic mass is 10.3. The van der Waals surface area contributed by atoms with Gasteiger partial charge in [-0.2, -0.15) is 0 Å². The first-order valence-corrected chi connectivity index (χ1v) is 5.78. The summed E-state index contributed by atoms with van der Waals surface area (Å²) in [5, 5.41) is 0. The van der Waals surface area contributed by atoms with Gasteiger partial charge < -0.3 is 10.5 Å². The number of ether oxygens (including phenoxy) is 1. The summed E-state index contributed by atoms with van der Waals surface area (Å²) in [7, 11) is 0. The number of nitrogen functional groups attached to an aromatic ring is 1. The Morgan fingerprint density at radius 1 is 1.00 bits per heavy atom. The van der Waals surface area contributed by atoms with Crippen molar-refractivity contribution in [2.75, 3.05) is 5.73 Å². The van der Waals surface area contributed by atoms with Crippen molar-refractivity contribution in [3.05, 3.63) is 60.7 Å². The number of esters is 1. The molecule has 0 fully saturated rings. The number of carbonyl (C=O) groups excluding carboxylic acids is 1. The molecule has 18 heavy (non-hydrogen) atoms. The second-order valence-electron chi connectivity index (χ2n) is 3.55. The largest absolute Gasteiger partial charge is 0.427 e. The lowest BCUT2D eigenvalue weighted by molar-refractivity contribution is -0.134. The summed E-state index contributed by atoms with van der Waals surface area (Å²) in [6.07, 6.45) is 0.412. The molecule has 0 aliphatic rings. The molecule has 3 nitrogen and oxygen atoms in total. The molecule has 0 saturated carbocycles. The van der Waals surface area contributed by atoms with E-state index in [9.17, 15) is 4.79 Å². The van der Waals surface area contributed by atoms with E-state index in [1.54, 1.807) is 19.1 Å². The van der Waals surface area contributed by atoms with Crippen LogP contribution in [0.2, 0.25) is 0 Å². The fourth-order valence-corrected chi connectivity index (χ4v) is 1.15. The number of hydrogen-bond acceptors (Lipinski definition) is 3. The van der Waals surface area contributed by atoms with Gasteiger partial charge in [0.15, 0.2) is 0 Å². The number of nitrogens with two attached hydrogens (primary N) is 1. The Kier molecular flexibility index (Phi) is 6.04. The van der Waals surface area contributed by atoms with E-state index in [4.69, 9.17) is 10.5 Å². The van der Waals surface area contributed by atoms with Gasteiger partial charge in [0.05, 0.1) is 0 Å². The molecule has 0 unspecified atom stereocenters. The van der Waals surface area contributed by atoms with Crippen molar-refractivity contribution in [1.82, 2.24) is 0 Å². The third kappa shape index (κ3) is 5.70. The van der Waals surface area contributed by atoms with Crippen molar-refractivity contribution in [3.8, 4) is 5.75 Å². The summed E-state index contributed by atoms with van der Waals surface area (Å²) in [5.74, 6) is 0.413. The van der Waals surface area contributed by atoms with Gasteiger partial charge in [0.1, 0.15) is 5.75 Å². The Morgan fingerprint density at radius 2 is 1.50 bits per heavy atom. The van der Waals surface area contributed by atoms with Gasteiger partial charge in [0.2, 0.25) is 0 Å². The average Bonchev–Trinajstić information content (AvgIpc) is 2.41. The highest BCUT2D eigenvalue weighted by atomic mass is 16.5. The van der Waals surface area contributed by atoms with Gasteiger partial charge in [-0.15, -0.1) is 0 Å². The predicted molar refractivity (Wildman–Crippen MR) is 73.2 cm³/mol. The molecule has 2 rings (SSSR count). The van der Waals surface area contributed by atoms with E-state index in [2.05, 4.69) is 0 Å². The van der Waals surface area contributed by atoms with Crippen LogP contribution in [0.15, 0.2) is 60.7 Å². The topological polar surface area (TPSA) is 52.3 Å². The number of para-hydroxylation sites is 2. The van der Waals surface area contributed by atoms with Crippen LogP contribution in [0.5, 0.6) is 5.75 Å². The normalized spacial score (nSPS) is 8.94. The van der Waals surface area contributed by atoms with Gasteiger partial charge in [-0.05, 0) is 24.3 Å². The highest BCUT2D eigenvalue weighted by Gasteiger charge is 1.98. The highest BCUT2D eigenvalue weighted by Crippen LogP contribution is 2.08. The van der Waals surface area contributed by atoms with Gasteiger partial charge in [0.25, 0.3) is 0 Å². The Balaban J connectivity index is 0.000000199. The smallest absolute Gasteiger partial charge is 0.310 e. The standard InChI is InChI=1S/C9H10O2.C6H7N/c1-2-9(10)11-8-6-4-3-5-7-8;7-6-4-2-1-3-5-6/h3-7H,2H2,1H3;1-5H,7H2. The van der Waals surface area contributed by atoms with Crippen LogP contribution < -0.4 is 10.5 Å². The van der Waals surface area contributed by atoms with Crippen molar-refractivity contribution < 1.29 is 9.53 Å². The Hall–Kier alpha value is -2.29. The molecule has 0 aliphatic carbocycles. The quantitative estimate of drug-likeness (QED) is 0.500. The monoisotopic (exact) mass is 243 g/mol. The van der Waals surface area contributed by atoms with Crippen molar-refractivity contribution in [2.24, 2.45) is 0 Å². The molecule has 0 bridgehead atoms. The van der Waals surface area contributed by atoms with Crippen molar-refractivity contribution in [2.45, 2.75) is 13.3 Å². The van der Waals surface area contributed by atoms with Crippen LogP contribution in [0.25, 0.3) is 0 Å². The SMILES string of the molecule is CCC(=O)Oc1ccccc1.Nc1ccccc1. The van der Waals surface area contributed by atoms with E-state index in [0.29, 0.717) is 12.2 Å². The molecule has 0 aliphatic heterocycles. The van der Waals surface area contributed by atoms with E-state index < -0.39 is 0 Å². The zero-order chi connectivity index (χ0) is 13.2. The summed E-state index contributed by atoms with van der Waals surface area (Å²) in [6, 6.07) is 18.5. The Morgan fingerprint density at radius 3 is 1.89 bits per heavy atom. The first-order chi connectivity index (χ1) is 8.72. The van der Waals surface area contributed by atoms with Crippen molar-refractivity contribution in [1.29, 1.82) is 0 Å². The molecule has 0 heterocycles. The fourth-order valence-electron chi connectivity index (χ4n) is 1.15. The minimum absolute atomic E-state index is 0.198. The van der Waals surface area contributed by atoms with Crippen LogP contribution in [0.3, 0.4) is 0 Å². The maximum absolute atomic E-state index is 10.8. The van der Waals surface area contributed by atoms with Crippen molar-refractivity contribution >= 4 is 11.7 Å². The van der Waals surface area contributed by atoms with Gasteiger partial charge >= 0.3 is 5.97 Å². The van der Waals surface area contributed by atoms with E-state index in [0.717, 1.165) is 5.69 Å². The molecular formula is C15H17NO2. The molecule has 0 saturated heterocycles. The summed E-state index contributed by atoms with van der Waals surface area (Å²) in [5.41, 5.74) is 6.18. The molecule has 2 N–H and O–H groups in total. The van der Waals surface area contributed by atoms with Crippen LogP contribution in [0.1, 0.15) is 13.3 Å². The number of anilines is 1. The van der Waals surface area contributed by atoms with Crippen LogP contribution in [0, 0.1) is 0 Å². The zero-order valence-electron chi connectivity index (χ0n) is 10.4. The van der Waals surface area contributed by atoms with Crippen LogP contribution in [0.4, 0.5) is 5.69 Å². The zero-order valence-corrected chi connectivity index (χ0v) is 10.4. The maximum Gasteiger partial charge on any atom is 0.310 e. The summed E-state index contributed by atoms with van der Waals surface area (Å²) in [4.78, 5) is 10.8. The van der Waals surface area contributed by atoms with Crippen LogP contribution in [-0.2, 0) is 4.79 Å². The van der Waals surface area contributed by atoms with Gasteiger partial charge in [-0.3, -0.25) is 4.79 Å². The number of hydrogen-bond donors (Lipinski definition) is 1. The molecule has 94 valence electrons. The second-order valence-corrected chi connectivity index (χ2v) is 3.55. The molecule has 0 spiro atoms. The second kappa shape index (κ2) is 7.90. The minimum atomic E-state index is -0.198. The van der Waals surface area contributed by atoms with E-state index >= 15 is 0 Å². The summed E-state index contributed by atoms with van der Waals surface area (Å²) >= 11 is 0. The number of rotatable bonds is 2. The number of benzene rings is 2. The van der Waals surface area contributed by atoms with Gasteiger partial charge in [-0.1, -0.05) is 43.3 Å². The molecule has 0 atom stereocenters. The molecule has 0 aromatic heterocycles. The Labute approximate surface area is 107 Å². The van der Waals surface area contributed by atoms with Gasteiger partial charge in [-0.25, -0.2) is 0 Å². The first kappa shape index (κ1) is 13.8. The molecule has 2 aromatic rings. The molecular weight excluding hydrogens is 226 g/mol. The maximum atomic E-state index is 10.8.